The van der Waals surface area contributed by atoms with Gasteiger partial charge >= 0.3 is 0 Å². The van der Waals surface area contributed by atoms with Crippen molar-refractivity contribution >= 4 is 60.5 Å². The van der Waals surface area contributed by atoms with Gasteiger partial charge < -0.3 is 9.32 Å². The number of hydrogen-bond acceptors (Lipinski definition) is 2. The van der Waals surface area contributed by atoms with Gasteiger partial charge in [0.1, 0.15) is 11.2 Å². The van der Waals surface area contributed by atoms with Gasteiger partial charge in [0.25, 0.3) is 0 Å². The van der Waals surface area contributed by atoms with Crippen LogP contribution in [0.4, 0.5) is 17.1 Å². The third kappa shape index (κ3) is 5.93. The maximum atomic E-state index is 6.56. The van der Waals surface area contributed by atoms with Crippen LogP contribution in [0.3, 0.4) is 0 Å². The quantitative estimate of drug-likeness (QED) is 0.168. The molecule has 0 radical (unpaired) electrons. The molecule has 0 unspecified atom stereocenters. The Labute approximate surface area is 346 Å². The molecule has 0 aliphatic heterocycles. The first kappa shape index (κ1) is 35.3. The highest BCUT2D eigenvalue weighted by Gasteiger charge is 2.42. The van der Waals surface area contributed by atoms with Crippen LogP contribution in [0.1, 0.15) is 45.2 Å². The summed E-state index contributed by atoms with van der Waals surface area (Å²) in [5.74, 6) is 0. The summed E-state index contributed by atoms with van der Waals surface area (Å²) in [7, 11) is 0. The van der Waals surface area contributed by atoms with E-state index in [1.165, 1.54) is 76.8 Å². The fourth-order valence-corrected chi connectivity index (χ4v) is 10.2. The van der Waals surface area contributed by atoms with E-state index in [-0.39, 0.29) is 10.8 Å². The maximum absolute atomic E-state index is 6.56. The molecule has 1 heterocycles. The van der Waals surface area contributed by atoms with Gasteiger partial charge in [-0.25, -0.2) is 0 Å². The number of anilines is 3. The summed E-state index contributed by atoms with van der Waals surface area (Å²) in [6, 6.07) is 68.8. The van der Waals surface area contributed by atoms with Crippen LogP contribution >= 0.6 is 0 Å². The summed E-state index contributed by atoms with van der Waals surface area (Å²) in [5.41, 5.74) is 15.6. The third-order valence-electron chi connectivity index (χ3n) is 12.8. The van der Waals surface area contributed by atoms with Crippen molar-refractivity contribution in [1.29, 1.82) is 0 Å². The van der Waals surface area contributed by atoms with Gasteiger partial charge in [-0.05, 0) is 139 Å². The Bertz CT molecular complexity index is 3230. The second kappa shape index (κ2) is 13.3. The molecule has 0 fully saturated rings. The molecular weight excluding hydrogens is 715 g/mol. The summed E-state index contributed by atoms with van der Waals surface area (Å²) in [5, 5.41) is 7.20. The largest absolute Gasteiger partial charge is 0.456 e. The van der Waals surface area contributed by atoms with Gasteiger partial charge in [-0.3, -0.25) is 0 Å². The smallest absolute Gasteiger partial charge is 0.135 e. The lowest BCUT2D eigenvalue weighted by molar-refractivity contribution is 0.403. The van der Waals surface area contributed by atoms with Crippen LogP contribution in [-0.2, 0) is 10.8 Å². The van der Waals surface area contributed by atoms with Crippen LogP contribution in [0.2, 0.25) is 0 Å². The van der Waals surface area contributed by atoms with Crippen LogP contribution in [-0.4, -0.2) is 0 Å². The Hall–Kier alpha value is -6.90. The maximum Gasteiger partial charge on any atom is 0.135 e. The molecule has 0 amide bonds. The van der Waals surface area contributed by atoms with Crippen molar-refractivity contribution in [2.45, 2.75) is 44.9 Å². The van der Waals surface area contributed by atoms with E-state index in [2.05, 4.69) is 221 Å². The van der Waals surface area contributed by atoms with E-state index < -0.39 is 0 Å². The lowest BCUT2D eigenvalue weighted by atomic mass is 9.82. The zero-order chi connectivity index (χ0) is 39.9. The minimum absolute atomic E-state index is 0.115. The van der Waals surface area contributed by atoms with E-state index in [4.69, 9.17) is 4.42 Å². The summed E-state index contributed by atoms with van der Waals surface area (Å²) in [6.07, 6.45) is 1.13. The Morgan fingerprint density at radius 1 is 0.390 bits per heavy atom. The molecule has 0 bridgehead atoms. The normalized spacial score (nSPS) is 14.3. The Balaban J connectivity index is 1.04. The molecule has 11 rings (SSSR count). The number of nitrogens with zero attached hydrogens (tertiary/aromatic N) is 1. The number of fused-ring (bicyclic) bond motifs is 6. The lowest BCUT2D eigenvalue weighted by Crippen LogP contribution is -2.17. The summed E-state index contributed by atoms with van der Waals surface area (Å²) >= 11 is 0. The molecule has 0 atom stereocenters. The second-order valence-corrected chi connectivity index (χ2v) is 17.7. The first-order valence-corrected chi connectivity index (χ1v) is 20.8. The average Bonchev–Trinajstić information content (AvgIpc) is 3.72. The van der Waals surface area contributed by atoms with Crippen LogP contribution in [0.25, 0.3) is 76.9 Å². The first-order valence-electron chi connectivity index (χ1n) is 20.8. The molecular formula is C57H45NO. The Morgan fingerprint density at radius 2 is 0.983 bits per heavy atom. The van der Waals surface area contributed by atoms with Crippen molar-refractivity contribution < 1.29 is 4.42 Å². The van der Waals surface area contributed by atoms with E-state index in [1.807, 2.05) is 0 Å². The highest BCUT2D eigenvalue weighted by Crippen LogP contribution is 2.51. The summed E-state index contributed by atoms with van der Waals surface area (Å²) < 4.78 is 6.56. The highest BCUT2D eigenvalue weighted by molar-refractivity contribution is 6.09. The second-order valence-electron chi connectivity index (χ2n) is 17.7. The van der Waals surface area contributed by atoms with Crippen molar-refractivity contribution in [3.63, 3.8) is 0 Å². The monoisotopic (exact) mass is 759 g/mol. The number of rotatable bonds is 6. The van der Waals surface area contributed by atoms with Gasteiger partial charge in [0, 0.05) is 27.5 Å². The third-order valence-corrected chi connectivity index (χ3v) is 12.8. The number of benzene rings is 9. The molecule has 1 aromatic heterocycles. The summed E-state index contributed by atoms with van der Waals surface area (Å²) in [4.78, 5) is 2.42. The average molecular weight is 760 g/mol. The first-order chi connectivity index (χ1) is 28.7. The molecule has 59 heavy (non-hydrogen) atoms. The van der Waals surface area contributed by atoms with Crippen LogP contribution in [0.5, 0.6) is 0 Å². The van der Waals surface area contributed by atoms with Crippen LogP contribution < -0.4 is 4.90 Å². The molecule has 0 saturated heterocycles. The van der Waals surface area contributed by atoms with Crippen molar-refractivity contribution in [3.8, 4) is 33.4 Å². The standard InChI is InChI=1S/C57H45NO/c1-56(2)36-57(3,4)52-35-55-50(34-51(52)56)49-32-43(26-30-54(49)59-55)46-21-11-16-40-25-29-45(33-48(40)46)58(53-22-12-17-39-15-8-9-20-47(39)53)44-27-23-38(24-28-44)42-19-10-18-41(31-42)37-13-6-5-7-14-37/h5-35H,36H2,1-4H3. The topological polar surface area (TPSA) is 16.4 Å². The van der Waals surface area contributed by atoms with Gasteiger partial charge in [-0.15, -0.1) is 0 Å². The molecule has 2 nitrogen and oxygen atoms in total. The predicted octanol–water partition coefficient (Wildman–Crippen LogP) is 16.3. The molecule has 0 saturated carbocycles. The van der Waals surface area contributed by atoms with E-state index in [0.29, 0.717) is 0 Å². The SMILES string of the molecule is CC1(C)CC(C)(C)c2cc3c(cc21)oc1ccc(-c2cccc4ccc(N(c5ccc(-c6cccc(-c7ccccc7)c6)cc5)c5cccc6ccccc56)cc24)cc13. The fraction of sp³-hybridized carbons (Fsp3) is 0.123. The molecule has 1 aliphatic rings. The molecule has 0 N–H and O–H groups in total. The van der Waals surface area contributed by atoms with Gasteiger partial charge in [-0.1, -0.05) is 155 Å². The Morgan fingerprint density at radius 3 is 1.78 bits per heavy atom. The molecule has 0 spiro atoms. The van der Waals surface area contributed by atoms with Crippen molar-refractivity contribution in [1.82, 2.24) is 0 Å². The minimum Gasteiger partial charge on any atom is -0.456 e. The number of hydrogen-bond donors (Lipinski definition) is 0. The van der Waals surface area contributed by atoms with E-state index >= 15 is 0 Å². The highest BCUT2D eigenvalue weighted by atomic mass is 16.3. The number of furan rings is 1. The minimum atomic E-state index is 0.115. The molecule has 2 heteroatoms. The molecule has 10 aromatic rings. The van der Waals surface area contributed by atoms with E-state index in [9.17, 15) is 0 Å². The predicted molar refractivity (Wildman–Crippen MR) is 250 cm³/mol. The Kier molecular flexibility index (Phi) is 7.97. The molecule has 1 aliphatic carbocycles. The zero-order valence-electron chi connectivity index (χ0n) is 34.0. The summed E-state index contributed by atoms with van der Waals surface area (Å²) in [6.45, 7) is 9.50. The van der Waals surface area contributed by atoms with Gasteiger partial charge in [0.15, 0.2) is 0 Å². The van der Waals surface area contributed by atoms with Crippen molar-refractivity contribution in [2.24, 2.45) is 0 Å². The van der Waals surface area contributed by atoms with E-state index in [1.54, 1.807) is 0 Å². The molecule has 9 aromatic carbocycles. The van der Waals surface area contributed by atoms with Crippen molar-refractivity contribution in [3.05, 3.63) is 199 Å². The zero-order valence-corrected chi connectivity index (χ0v) is 34.0. The van der Waals surface area contributed by atoms with Crippen molar-refractivity contribution in [2.75, 3.05) is 4.90 Å². The van der Waals surface area contributed by atoms with Gasteiger partial charge in [-0.2, -0.15) is 0 Å². The molecule has 284 valence electrons. The van der Waals surface area contributed by atoms with E-state index in [0.717, 1.165) is 34.6 Å². The van der Waals surface area contributed by atoms with Crippen LogP contribution in [0.15, 0.2) is 192 Å². The van der Waals surface area contributed by atoms with Gasteiger partial charge in [0.2, 0.25) is 0 Å². The van der Waals surface area contributed by atoms with Crippen LogP contribution in [0, 0.1) is 0 Å². The van der Waals surface area contributed by atoms with Gasteiger partial charge in [0.05, 0.1) is 5.69 Å². The fourth-order valence-electron chi connectivity index (χ4n) is 10.2. The lowest BCUT2D eigenvalue weighted by Gasteiger charge is -2.27.